The van der Waals surface area contributed by atoms with Crippen molar-refractivity contribution in [3.63, 3.8) is 0 Å². The van der Waals surface area contributed by atoms with Crippen LogP contribution >= 0.6 is 11.3 Å². The van der Waals surface area contributed by atoms with Gasteiger partial charge in [0.1, 0.15) is 12.1 Å². The number of aromatic amines is 1. The quantitative estimate of drug-likeness (QED) is 0.698. The van der Waals surface area contributed by atoms with Gasteiger partial charge in [-0.1, -0.05) is 0 Å². The Morgan fingerprint density at radius 2 is 2.00 bits per heavy atom. The van der Waals surface area contributed by atoms with Crippen LogP contribution in [-0.2, 0) is 0 Å². The van der Waals surface area contributed by atoms with Crippen LogP contribution in [-0.4, -0.2) is 4.98 Å². The molecule has 2 rings (SSSR count). The second kappa shape index (κ2) is 2.99. The summed E-state index contributed by atoms with van der Waals surface area (Å²) in [4.78, 5) is 13.8. The highest BCUT2D eigenvalue weighted by atomic mass is 32.1. The Balaban J connectivity index is 3.06. The minimum Gasteiger partial charge on any atom is -0.327 e. The average molecular weight is 201 g/mol. The first kappa shape index (κ1) is 8.49. The highest BCUT2D eigenvalue weighted by Gasteiger charge is 2.10. The van der Waals surface area contributed by atoms with Crippen molar-refractivity contribution in [2.75, 3.05) is 0 Å². The zero-order valence-corrected chi connectivity index (χ0v) is 7.68. The van der Waals surface area contributed by atoms with Gasteiger partial charge >= 0.3 is 0 Å². The van der Waals surface area contributed by atoms with E-state index < -0.39 is 0 Å². The normalized spacial score (nSPS) is 9.57. The number of fused-ring (bicyclic) bond motifs is 1. The summed E-state index contributed by atoms with van der Waals surface area (Å²) in [7, 11) is 0. The molecule has 0 spiro atoms. The van der Waals surface area contributed by atoms with Gasteiger partial charge in [-0.15, -0.1) is 11.3 Å². The Labute approximate surface area is 82.6 Å². The highest BCUT2D eigenvalue weighted by Crippen LogP contribution is 2.24. The SMILES string of the molecule is N#Cc1c[nH]c(=O)c2c(C#N)csc12. The van der Waals surface area contributed by atoms with E-state index in [1.807, 2.05) is 12.1 Å². The summed E-state index contributed by atoms with van der Waals surface area (Å²) in [6.07, 6.45) is 1.36. The summed E-state index contributed by atoms with van der Waals surface area (Å²) in [5.41, 5.74) is 0.395. The number of rotatable bonds is 0. The molecule has 0 saturated heterocycles. The van der Waals surface area contributed by atoms with Gasteiger partial charge in [-0.05, 0) is 0 Å². The van der Waals surface area contributed by atoms with Crippen molar-refractivity contribution >= 4 is 21.4 Å². The standard InChI is InChI=1S/C9H3N3OS/c10-1-5-3-12-9(13)7-6(2-11)4-14-8(5)7/h3-4H,(H,12,13). The fourth-order valence-electron chi connectivity index (χ4n) is 1.22. The Morgan fingerprint density at radius 3 is 2.64 bits per heavy atom. The number of H-pyrrole nitrogens is 1. The molecule has 2 heterocycles. The maximum atomic E-state index is 11.4. The van der Waals surface area contributed by atoms with Gasteiger partial charge in [0.05, 0.1) is 21.2 Å². The fraction of sp³-hybridized carbons (Fsp3) is 0. The third-order valence-corrected chi connectivity index (χ3v) is 2.86. The van der Waals surface area contributed by atoms with E-state index in [2.05, 4.69) is 4.98 Å². The molecule has 0 radical (unpaired) electrons. The van der Waals surface area contributed by atoms with Gasteiger partial charge in [0.15, 0.2) is 0 Å². The lowest BCUT2D eigenvalue weighted by atomic mass is 10.2. The molecule has 2 aromatic rings. The Kier molecular flexibility index (Phi) is 1.81. The van der Waals surface area contributed by atoms with Gasteiger partial charge in [0, 0.05) is 11.6 Å². The zero-order chi connectivity index (χ0) is 10.1. The summed E-state index contributed by atoms with van der Waals surface area (Å²) >= 11 is 1.24. The first-order valence-electron chi connectivity index (χ1n) is 3.71. The lowest BCUT2D eigenvalue weighted by Crippen LogP contribution is -2.05. The molecule has 0 aliphatic carbocycles. The number of nitrogens with zero attached hydrogens (tertiary/aromatic N) is 2. The minimum atomic E-state index is -0.322. The molecule has 0 unspecified atom stereocenters. The molecule has 2 aromatic heterocycles. The zero-order valence-electron chi connectivity index (χ0n) is 6.87. The highest BCUT2D eigenvalue weighted by molar-refractivity contribution is 7.17. The van der Waals surface area contributed by atoms with Crippen LogP contribution in [0.3, 0.4) is 0 Å². The van der Waals surface area contributed by atoms with Crippen LogP contribution in [0, 0.1) is 22.7 Å². The van der Waals surface area contributed by atoms with E-state index in [-0.39, 0.29) is 5.56 Å². The van der Waals surface area contributed by atoms with Crippen molar-refractivity contribution in [2.45, 2.75) is 0 Å². The van der Waals surface area contributed by atoms with Crippen LogP contribution in [0.1, 0.15) is 11.1 Å². The second-order valence-electron chi connectivity index (χ2n) is 2.61. The predicted molar refractivity (Wildman–Crippen MR) is 51.9 cm³/mol. The number of nitrogens with one attached hydrogen (secondary N) is 1. The largest absolute Gasteiger partial charge is 0.327 e. The molecule has 0 aromatic carbocycles. The van der Waals surface area contributed by atoms with Gasteiger partial charge in [-0.25, -0.2) is 0 Å². The molecule has 1 N–H and O–H groups in total. The molecule has 0 amide bonds. The molecule has 0 saturated carbocycles. The van der Waals surface area contributed by atoms with Crippen molar-refractivity contribution in [2.24, 2.45) is 0 Å². The average Bonchev–Trinajstić information content (AvgIpc) is 2.63. The fourth-order valence-corrected chi connectivity index (χ4v) is 2.18. The Bertz CT molecular complexity index is 639. The summed E-state index contributed by atoms with van der Waals surface area (Å²) in [6, 6.07) is 3.89. The molecule has 0 aliphatic rings. The maximum Gasteiger partial charge on any atom is 0.258 e. The molecule has 0 atom stereocenters. The molecular formula is C9H3N3OS. The van der Waals surface area contributed by atoms with Crippen LogP contribution in [0.25, 0.3) is 10.1 Å². The van der Waals surface area contributed by atoms with Crippen molar-refractivity contribution in [1.82, 2.24) is 4.98 Å². The van der Waals surface area contributed by atoms with Gasteiger partial charge < -0.3 is 4.98 Å². The topological polar surface area (TPSA) is 80.4 Å². The number of hydrogen-bond donors (Lipinski definition) is 1. The molecule has 5 heteroatoms. The van der Waals surface area contributed by atoms with Crippen molar-refractivity contribution in [3.05, 3.63) is 33.1 Å². The van der Waals surface area contributed by atoms with E-state index in [4.69, 9.17) is 10.5 Å². The summed E-state index contributed by atoms with van der Waals surface area (Å²) in [6.45, 7) is 0. The summed E-state index contributed by atoms with van der Waals surface area (Å²) in [5.74, 6) is 0. The van der Waals surface area contributed by atoms with E-state index >= 15 is 0 Å². The van der Waals surface area contributed by atoms with E-state index in [0.29, 0.717) is 21.2 Å². The number of hydrogen-bond acceptors (Lipinski definition) is 4. The second-order valence-corrected chi connectivity index (χ2v) is 3.49. The summed E-state index contributed by atoms with van der Waals surface area (Å²) < 4.78 is 0.577. The Morgan fingerprint density at radius 1 is 1.29 bits per heavy atom. The number of nitriles is 2. The van der Waals surface area contributed by atoms with Gasteiger partial charge in [-0.2, -0.15) is 10.5 Å². The third kappa shape index (κ3) is 1.00. The number of aromatic nitrogens is 1. The molecule has 0 aliphatic heterocycles. The molecule has 0 bridgehead atoms. The smallest absolute Gasteiger partial charge is 0.258 e. The summed E-state index contributed by atoms with van der Waals surface area (Å²) in [5, 5.41) is 19.4. The van der Waals surface area contributed by atoms with Gasteiger partial charge in [0.2, 0.25) is 0 Å². The maximum absolute atomic E-state index is 11.4. The van der Waals surface area contributed by atoms with Crippen molar-refractivity contribution in [3.8, 4) is 12.1 Å². The first-order valence-corrected chi connectivity index (χ1v) is 4.59. The van der Waals surface area contributed by atoms with Crippen molar-refractivity contribution < 1.29 is 0 Å². The van der Waals surface area contributed by atoms with Crippen LogP contribution in [0.5, 0.6) is 0 Å². The minimum absolute atomic E-state index is 0.316. The molecule has 14 heavy (non-hydrogen) atoms. The van der Waals surface area contributed by atoms with Crippen LogP contribution < -0.4 is 5.56 Å². The van der Waals surface area contributed by atoms with Crippen LogP contribution in [0.2, 0.25) is 0 Å². The van der Waals surface area contributed by atoms with Crippen LogP contribution in [0.15, 0.2) is 16.4 Å². The monoisotopic (exact) mass is 201 g/mol. The first-order chi connectivity index (χ1) is 6.77. The Hall–Kier alpha value is -2.11. The predicted octanol–water partition coefficient (Wildman–Crippen LogP) is 1.33. The lowest BCUT2D eigenvalue weighted by molar-refractivity contribution is 1.26. The van der Waals surface area contributed by atoms with E-state index in [9.17, 15) is 4.79 Å². The van der Waals surface area contributed by atoms with E-state index in [1.165, 1.54) is 17.5 Å². The molecule has 4 nitrogen and oxygen atoms in total. The lowest BCUT2D eigenvalue weighted by Gasteiger charge is -1.90. The van der Waals surface area contributed by atoms with Gasteiger partial charge in [-0.3, -0.25) is 4.79 Å². The third-order valence-electron chi connectivity index (χ3n) is 1.85. The molecule has 0 fully saturated rings. The molecule has 66 valence electrons. The van der Waals surface area contributed by atoms with E-state index in [0.717, 1.165) is 0 Å². The number of pyridine rings is 1. The number of thiophene rings is 1. The van der Waals surface area contributed by atoms with Gasteiger partial charge in [0.25, 0.3) is 5.56 Å². The van der Waals surface area contributed by atoms with E-state index in [1.54, 1.807) is 5.38 Å². The van der Waals surface area contributed by atoms with Crippen LogP contribution in [0.4, 0.5) is 0 Å². The molecular weight excluding hydrogens is 198 g/mol. The van der Waals surface area contributed by atoms with Crippen molar-refractivity contribution in [1.29, 1.82) is 10.5 Å².